The molecule has 0 aromatic carbocycles. The van der Waals surface area contributed by atoms with Crippen molar-refractivity contribution in [1.82, 2.24) is 0 Å². The molecule has 0 aromatic heterocycles. The molecule has 62 valence electrons. The van der Waals surface area contributed by atoms with Crippen LogP contribution in [0.2, 0.25) is 0 Å². The first-order chi connectivity index (χ1) is 5.04. The number of carboxylic acid groups (broad SMARTS) is 1. The quantitative estimate of drug-likeness (QED) is 0.544. The minimum atomic E-state index is -1.01. The lowest BCUT2D eigenvalue weighted by atomic mass is 10.4. The minimum absolute atomic E-state index is 0.296. The molecule has 0 spiro atoms. The second-order valence-corrected chi connectivity index (χ2v) is 2.63. The Balaban J connectivity index is 2.67. The number of amidine groups is 1. The highest BCUT2D eigenvalue weighted by Gasteiger charge is 2.36. The molecule has 1 aliphatic rings. The Morgan fingerprint density at radius 2 is 2.45 bits per heavy atom. The molecule has 0 radical (unpaired) electrons. The van der Waals surface area contributed by atoms with Gasteiger partial charge < -0.3 is 5.11 Å². The van der Waals surface area contributed by atoms with E-state index in [1.54, 1.807) is 6.92 Å². The highest BCUT2D eigenvalue weighted by molar-refractivity contribution is 5.77. The Morgan fingerprint density at radius 3 is 2.82 bits per heavy atom. The molecule has 2 N–H and O–H groups in total. The molecule has 5 heteroatoms. The number of hydrogen-bond acceptors (Lipinski definition) is 3. The van der Waals surface area contributed by atoms with Gasteiger partial charge >= 0.3 is 5.97 Å². The normalized spacial score (nSPS) is 30.2. The van der Waals surface area contributed by atoms with Gasteiger partial charge in [-0.2, -0.15) is 0 Å². The monoisotopic (exact) mass is 159 g/mol. The molecule has 1 rings (SSSR count). The van der Waals surface area contributed by atoms with Crippen LogP contribution in [0.15, 0.2) is 4.99 Å². The fourth-order valence-electron chi connectivity index (χ4n) is 1.09. The highest BCUT2D eigenvalue weighted by Crippen LogP contribution is 2.09. The second-order valence-electron chi connectivity index (χ2n) is 2.63. The Bertz CT molecular complexity index is 214. The smallest absolute Gasteiger partial charge is 0.362 e. The first-order valence-electron chi connectivity index (χ1n) is 3.38. The Morgan fingerprint density at radius 1 is 1.82 bits per heavy atom. The molecular formula is C6H11N2O3+. The average Bonchev–Trinajstić information content (AvgIpc) is 2.11. The highest BCUT2D eigenvalue weighted by atomic mass is 16.6. The van der Waals surface area contributed by atoms with E-state index in [9.17, 15) is 10.0 Å². The van der Waals surface area contributed by atoms with E-state index in [2.05, 4.69) is 4.99 Å². The summed E-state index contributed by atoms with van der Waals surface area (Å²) < 4.78 is -0.532. The van der Waals surface area contributed by atoms with E-state index in [1.807, 2.05) is 0 Å². The molecule has 0 aliphatic carbocycles. The molecule has 1 aliphatic heterocycles. The predicted molar refractivity (Wildman–Crippen MR) is 37.4 cm³/mol. The largest absolute Gasteiger partial charge is 0.477 e. The van der Waals surface area contributed by atoms with E-state index in [-0.39, 0.29) is 6.54 Å². The summed E-state index contributed by atoms with van der Waals surface area (Å²) in [4.78, 5) is 14.2. The van der Waals surface area contributed by atoms with Gasteiger partial charge in [-0.05, 0) is 0 Å². The zero-order valence-electron chi connectivity index (χ0n) is 6.32. The van der Waals surface area contributed by atoms with Crippen molar-refractivity contribution in [1.29, 1.82) is 0 Å². The van der Waals surface area contributed by atoms with Gasteiger partial charge in [0.15, 0.2) is 0 Å². The van der Waals surface area contributed by atoms with Gasteiger partial charge in [-0.25, -0.2) is 15.0 Å². The van der Waals surface area contributed by atoms with Crippen molar-refractivity contribution in [3.05, 3.63) is 0 Å². The van der Waals surface area contributed by atoms with Gasteiger partial charge in [0.25, 0.3) is 0 Å². The SMILES string of the molecule is CC1=NCC[N+]1(O)CC(=O)O. The summed E-state index contributed by atoms with van der Waals surface area (Å²) in [6.07, 6.45) is 0. The molecule has 5 nitrogen and oxygen atoms in total. The molecule has 11 heavy (non-hydrogen) atoms. The van der Waals surface area contributed by atoms with E-state index in [1.165, 1.54) is 0 Å². The van der Waals surface area contributed by atoms with Gasteiger partial charge in [0.2, 0.25) is 12.4 Å². The van der Waals surface area contributed by atoms with Gasteiger partial charge in [0, 0.05) is 6.92 Å². The molecule has 0 aromatic rings. The number of aliphatic carboxylic acids is 1. The molecular weight excluding hydrogens is 148 g/mol. The molecule has 0 bridgehead atoms. The number of nitrogens with zero attached hydrogens (tertiary/aromatic N) is 2. The number of carboxylic acids is 1. The first-order valence-corrected chi connectivity index (χ1v) is 3.38. The molecule has 1 atom stereocenters. The van der Waals surface area contributed by atoms with Crippen LogP contribution in [0.1, 0.15) is 6.92 Å². The number of aliphatic imine (C=N–C) groups is 1. The number of carbonyl (C=O) groups is 1. The minimum Gasteiger partial charge on any atom is -0.477 e. The van der Waals surface area contributed by atoms with Gasteiger partial charge in [0.05, 0.1) is 6.54 Å². The lowest BCUT2D eigenvalue weighted by molar-refractivity contribution is -1.02. The lowest BCUT2D eigenvalue weighted by Crippen LogP contribution is -2.49. The van der Waals surface area contributed by atoms with Crippen LogP contribution in [0.4, 0.5) is 0 Å². The average molecular weight is 159 g/mol. The lowest BCUT2D eigenvalue weighted by Gasteiger charge is -2.21. The summed E-state index contributed by atoms with van der Waals surface area (Å²) in [6.45, 7) is 2.22. The maximum atomic E-state index is 10.3. The third-order valence-electron chi connectivity index (χ3n) is 1.81. The third-order valence-corrected chi connectivity index (χ3v) is 1.81. The molecule has 1 heterocycles. The maximum Gasteiger partial charge on any atom is 0.362 e. The topological polar surface area (TPSA) is 69.9 Å². The number of quaternary nitrogens is 1. The molecule has 0 saturated heterocycles. The summed E-state index contributed by atoms with van der Waals surface area (Å²) >= 11 is 0. The summed E-state index contributed by atoms with van der Waals surface area (Å²) in [6, 6.07) is 0. The van der Waals surface area contributed by atoms with E-state index in [0.29, 0.717) is 18.9 Å². The van der Waals surface area contributed by atoms with Crippen molar-refractivity contribution < 1.29 is 19.8 Å². The Kier molecular flexibility index (Phi) is 1.92. The fourth-order valence-corrected chi connectivity index (χ4v) is 1.09. The fraction of sp³-hybridized carbons (Fsp3) is 0.667. The number of hydroxylamine groups is 3. The van der Waals surface area contributed by atoms with Crippen LogP contribution in [0.5, 0.6) is 0 Å². The van der Waals surface area contributed by atoms with E-state index in [4.69, 9.17) is 5.11 Å². The first kappa shape index (κ1) is 8.16. The summed E-state index contributed by atoms with van der Waals surface area (Å²) in [5.41, 5.74) is 0. The Hall–Kier alpha value is -0.940. The van der Waals surface area contributed by atoms with Crippen LogP contribution in [0, 0.1) is 0 Å². The summed E-state index contributed by atoms with van der Waals surface area (Å²) in [7, 11) is 0. The summed E-state index contributed by atoms with van der Waals surface area (Å²) in [5, 5.41) is 18.0. The van der Waals surface area contributed by atoms with Crippen molar-refractivity contribution in [3.63, 3.8) is 0 Å². The van der Waals surface area contributed by atoms with E-state index < -0.39 is 10.6 Å². The van der Waals surface area contributed by atoms with Gasteiger partial charge in [0.1, 0.15) is 6.54 Å². The van der Waals surface area contributed by atoms with Crippen LogP contribution >= 0.6 is 0 Å². The van der Waals surface area contributed by atoms with Crippen molar-refractivity contribution in [2.24, 2.45) is 4.99 Å². The van der Waals surface area contributed by atoms with Crippen LogP contribution < -0.4 is 0 Å². The van der Waals surface area contributed by atoms with E-state index in [0.717, 1.165) is 0 Å². The molecule has 0 saturated carbocycles. The third kappa shape index (κ3) is 1.55. The Labute approximate surface area is 64.1 Å². The van der Waals surface area contributed by atoms with Gasteiger partial charge in [-0.15, -0.1) is 4.65 Å². The van der Waals surface area contributed by atoms with Gasteiger partial charge in [-0.3, -0.25) is 0 Å². The molecule has 0 amide bonds. The van der Waals surface area contributed by atoms with Crippen molar-refractivity contribution in [2.45, 2.75) is 6.92 Å². The van der Waals surface area contributed by atoms with Crippen molar-refractivity contribution in [2.75, 3.05) is 19.6 Å². The second kappa shape index (κ2) is 2.60. The van der Waals surface area contributed by atoms with Crippen molar-refractivity contribution >= 4 is 11.8 Å². The number of rotatable bonds is 2. The van der Waals surface area contributed by atoms with Crippen LogP contribution in [-0.4, -0.2) is 46.4 Å². The van der Waals surface area contributed by atoms with Crippen LogP contribution in [0.3, 0.4) is 0 Å². The number of hydrogen-bond donors (Lipinski definition) is 2. The predicted octanol–water partition coefficient (Wildman–Crippen LogP) is -0.291. The zero-order valence-corrected chi connectivity index (χ0v) is 6.32. The zero-order chi connectivity index (χ0) is 8.48. The van der Waals surface area contributed by atoms with Crippen molar-refractivity contribution in [3.8, 4) is 0 Å². The molecule has 0 fully saturated rings. The van der Waals surface area contributed by atoms with E-state index >= 15 is 0 Å². The molecule has 1 unspecified atom stereocenters. The maximum absolute atomic E-state index is 10.3. The van der Waals surface area contributed by atoms with Crippen LogP contribution in [0.25, 0.3) is 0 Å². The van der Waals surface area contributed by atoms with Crippen LogP contribution in [-0.2, 0) is 4.79 Å². The summed E-state index contributed by atoms with van der Waals surface area (Å²) in [5.74, 6) is -0.531. The van der Waals surface area contributed by atoms with Gasteiger partial charge in [-0.1, -0.05) is 0 Å². The standard InChI is InChI=1S/C6H10N2O3/c1-5-7-2-3-8(5,11)4-6(9)10/h11H,2-4H2,1H3/p+1.